The maximum Gasteiger partial charge on any atom is 0.215 e. The number of aryl methyl sites for hydroxylation is 6. The van der Waals surface area contributed by atoms with Crippen LogP contribution in [0.1, 0.15) is 66.7 Å². The molecule has 0 unspecified atom stereocenters. The van der Waals surface area contributed by atoms with Crippen LogP contribution in [0.4, 0.5) is 0 Å². The predicted molar refractivity (Wildman–Crippen MR) is 211 cm³/mol. The third kappa shape index (κ3) is 8.63. The van der Waals surface area contributed by atoms with E-state index in [0.717, 1.165) is 44.9 Å². The zero-order chi connectivity index (χ0) is 40.3. The van der Waals surface area contributed by atoms with Gasteiger partial charge in [0.2, 0.25) is 17.1 Å². The lowest BCUT2D eigenvalue weighted by atomic mass is 9.96. The summed E-state index contributed by atoms with van der Waals surface area (Å²) in [5, 5.41) is 0. The van der Waals surface area contributed by atoms with E-state index < -0.39 is 0 Å². The first-order valence-electron chi connectivity index (χ1n) is 19.4. The van der Waals surface area contributed by atoms with Gasteiger partial charge in [0.25, 0.3) is 0 Å². The first-order valence-corrected chi connectivity index (χ1v) is 17.4. The molecule has 3 heteroatoms. The Morgan fingerprint density at radius 1 is 0.420 bits per heavy atom. The average Bonchev–Trinajstić information content (AvgIpc) is 3.13. The van der Waals surface area contributed by atoms with Gasteiger partial charge in [0, 0.05) is 51.1 Å². The summed E-state index contributed by atoms with van der Waals surface area (Å²) >= 11 is 0. The van der Waals surface area contributed by atoms with E-state index in [9.17, 15) is 0 Å². The molecule has 3 nitrogen and oxygen atoms in total. The fourth-order valence-corrected chi connectivity index (χ4v) is 6.58. The molecule has 0 fully saturated rings. The van der Waals surface area contributed by atoms with Crippen molar-refractivity contribution in [2.75, 3.05) is 0 Å². The highest BCUT2D eigenvalue weighted by atomic mass is 14.9. The highest BCUT2D eigenvalue weighted by Gasteiger charge is 2.19. The number of hydrogen-bond acceptors (Lipinski definition) is 0. The number of benzene rings is 3. The fourth-order valence-electron chi connectivity index (χ4n) is 6.58. The smallest absolute Gasteiger partial charge is 0.201 e. The van der Waals surface area contributed by atoms with Crippen LogP contribution in [0.5, 0.6) is 0 Å². The lowest BCUT2D eigenvalue weighted by molar-refractivity contribution is -0.661. The molecule has 0 aliphatic heterocycles. The molecular weight excluding hydrogens is 607 g/mol. The van der Waals surface area contributed by atoms with Crippen molar-refractivity contribution in [2.45, 2.75) is 76.2 Å². The summed E-state index contributed by atoms with van der Waals surface area (Å²) in [6.07, 6.45) is 1.43. The van der Waals surface area contributed by atoms with Crippen molar-refractivity contribution in [2.24, 2.45) is 21.1 Å². The molecule has 50 heavy (non-hydrogen) atoms. The third-order valence-electron chi connectivity index (χ3n) is 9.71. The molecule has 3 aromatic carbocycles. The Hall–Kier alpha value is -4.89. The van der Waals surface area contributed by atoms with Gasteiger partial charge in [-0.1, -0.05) is 53.6 Å². The number of hydrogen-bond donors (Lipinski definition) is 0. The molecule has 6 aromatic rings. The van der Waals surface area contributed by atoms with Gasteiger partial charge in [-0.25, -0.2) is 13.7 Å². The maximum atomic E-state index is 8.25. The normalized spacial score (nSPS) is 11.7. The highest BCUT2D eigenvalue weighted by molar-refractivity contribution is 5.66. The first-order chi connectivity index (χ1) is 25.3. The van der Waals surface area contributed by atoms with Gasteiger partial charge >= 0.3 is 0 Å². The van der Waals surface area contributed by atoms with Crippen molar-refractivity contribution in [3.05, 3.63) is 159 Å². The molecule has 3 heterocycles. The van der Waals surface area contributed by atoms with Gasteiger partial charge in [0.15, 0.2) is 18.5 Å². The van der Waals surface area contributed by atoms with Crippen LogP contribution in [0.3, 0.4) is 0 Å². The van der Waals surface area contributed by atoms with Crippen molar-refractivity contribution in [3.63, 3.8) is 0 Å². The van der Waals surface area contributed by atoms with Crippen molar-refractivity contribution >= 4 is 0 Å². The van der Waals surface area contributed by atoms with E-state index in [1.807, 2.05) is 76.2 Å². The van der Waals surface area contributed by atoms with Crippen LogP contribution in [0.15, 0.2) is 97.4 Å². The Labute approximate surface area is 308 Å². The Balaban J connectivity index is 0.000000181. The van der Waals surface area contributed by atoms with Crippen LogP contribution in [0.2, 0.25) is 0 Å². The van der Waals surface area contributed by atoms with Gasteiger partial charge in [-0.3, -0.25) is 0 Å². The molecule has 0 radical (unpaired) electrons. The van der Waals surface area contributed by atoms with Gasteiger partial charge < -0.3 is 0 Å². The molecule has 0 amide bonds. The largest absolute Gasteiger partial charge is 0.215 e. The summed E-state index contributed by atoms with van der Waals surface area (Å²) in [7, 11) is 5.79. The molecule has 0 aliphatic carbocycles. The van der Waals surface area contributed by atoms with Gasteiger partial charge in [-0.05, 0) is 128 Å². The van der Waals surface area contributed by atoms with Gasteiger partial charge in [-0.15, -0.1) is 0 Å². The van der Waals surface area contributed by atoms with E-state index in [1.165, 1.54) is 50.1 Å². The molecule has 6 rings (SSSR count). The second-order valence-corrected chi connectivity index (χ2v) is 13.8. The molecule has 0 saturated carbocycles. The second kappa shape index (κ2) is 16.2. The molecule has 0 saturated heterocycles. The number of pyridine rings is 3. The molecule has 0 spiro atoms. The van der Waals surface area contributed by atoms with Crippen molar-refractivity contribution in [1.82, 2.24) is 0 Å². The fraction of sp³-hybridized carbons (Fsp3) is 0.298. The SMILES string of the molecule is [2H]c1c(C)c(C)c(-c2ccccc2C)[n+](C)c1[2H].[2H]c1c(C)c(C)c(C)c(-c2ccc(C)cc2C)[n+]1C.[2H]c1c(C)ccc(-c2ccc(C)cc2C)[n+]1C. The van der Waals surface area contributed by atoms with E-state index >= 15 is 0 Å². The quantitative estimate of drug-likeness (QED) is 0.166. The van der Waals surface area contributed by atoms with Crippen molar-refractivity contribution < 1.29 is 19.2 Å². The number of rotatable bonds is 3. The van der Waals surface area contributed by atoms with Crippen LogP contribution in [-0.4, -0.2) is 0 Å². The second-order valence-electron chi connectivity index (χ2n) is 13.8. The Bertz CT molecular complexity index is 2320. The van der Waals surface area contributed by atoms with Gasteiger partial charge in [-0.2, -0.15) is 0 Å². The molecule has 0 atom stereocenters. The van der Waals surface area contributed by atoms with E-state index in [4.69, 9.17) is 5.48 Å². The third-order valence-corrected chi connectivity index (χ3v) is 9.71. The zero-order valence-electron chi connectivity index (χ0n) is 36.8. The molecule has 0 aliphatic rings. The van der Waals surface area contributed by atoms with E-state index in [2.05, 4.69) is 103 Å². The Morgan fingerprint density at radius 2 is 0.960 bits per heavy atom. The molecule has 0 N–H and O–H groups in total. The lowest BCUT2D eigenvalue weighted by Crippen LogP contribution is -2.33. The molecule has 3 aromatic heterocycles. The van der Waals surface area contributed by atoms with Crippen LogP contribution in [-0.2, 0) is 21.1 Å². The van der Waals surface area contributed by atoms with Gasteiger partial charge in [0.1, 0.15) is 25.3 Å². The summed E-state index contributed by atoms with van der Waals surface area (Å²) in [6.45, 7) is 22.7. The average molecular weight is 669 g/mol. The van der Waals surface area contributed by atoms with Crippen molar-refractivity contribution in [3.8, 4) is 33.8 Å². The summed E-state index contributed by atoms with van der Waals surface area (Å²) in [6, 6.07) is 25.5. The molecular formula is C47H58N3+3. The summed E-state index contributed by atoms with van der Waals surface area (Å²) in [5.41, 5.74) is 19.6. The topological polar surface area (TPSA) is 11.6 Å². The molecule has 258 valence electrons. The lowest BCUT2D eigenvalue weighted by Gasteiger charge is -2.11. The van der Waals surface area contributed by atoms with E-state index in [-0.39, 0.29) is 6.17 Å². The maximum absolute atomic E-state index is 8.25. The Morgan fingerprint density at radius 3 is 1.56 bits per heavy atom. The van der Waals surface area contributed by atoms with E-state index in [1.54, 1.807) is 4.57 Å². The van der Waals surface area contributed by atoms with Crippen molar-refractivity contribution in [1.29, 1.82) is 0 Å². The standard InChI is InChI=1S/C17H22N.2C15H18N/c1-11-7-8-16(12(2)9-11)17-15(5)14(4)13(3)10-18(17)6;1-11-5-7-14(13(3)9-11)15-8-6-12(2)10-16(15)4;1-11-9-10-16(4)15(13(11)3)14-8-6-5-7-12(14)2/h7-10H,1-6H3;2*5-10H,1-4H3/q3*+1/i2*10D;9D,10D. The minimum absolute atomic E-state index is 0.261. The van der Waals surface area contributed by atoms with Crippen LogP contribution >= 0.6 is 0 Å². The summed E-state index contributed by atoms with van der Waals surface area (Å²) in [4.78, 5) is 0. The molecule has 0 bridgehead atoms. The highest BCUT2D eigenvalue weighted by Crippen LogP contribution is 2.27. The number of nitrogens with zero attached hydrogens (tertiary/aromatic N) is 3. The Kier molecular flexibility index (Phi) is 10.5. The number of aromatic nitrogens is 3. The van der Waals surface area contributed by atoms with Crippen LogP contribution in [0, 0.1) is 76.2 Å². The minimum atomic E-state index is 0.261. The minimum Gasteiger partial charge on any atom is -0.201 e. The predicted octanol–water partition coefficient (Wildman–Crippen LogP) is 9.93. The zero-order valence-corrected chi connectivity index (χ0v) is 32.8. The van der Waals surface area contributed by atoms with Crippen LogP contribution < -0.4 is 13.7 Å². The monoisotopic (exact) mass is 668 g/mol. The van der Waals surface area contributed by atoms with E-state index in [0.29, 0.717) is 18.4 Å². The summed E-state index contributed by atoms with van der Waals surface area (Å²) in [5.74, 6) is 0. The van der Waals surface area contributed by atoms with Gasteiger partial charge in [0.05, 0.1) is 1.37 Å². The summed E-state index contributed by atoms with van der Waals surface area (Å²) < 4.78 is 37.9. The van der Waals surface area contributed by atoms with Crippen LogP contribution in [0.25, 0.3) is 33.8 Å². The first kappa shape index (κ1) is 32.3.